The van der Waals surface area contributed by atoms with E-state index in [1.807, 2.05) is 0 Å². The van der Waals surface area contributed by atoms with E-state index in [1.165, 1.54) is 0 Å². The van der Waals surface area contributed by atoms with E-state index in [9.17, 15) is 23.4 Å². The predicted molar refractivity (Wildman–Crippen MR) is 64.1 cm³/mol. The summed E-state index contributed by atoms with van der Waals surface area (Å²) in [5, 5.41) is 22.3. The third-order valence-electron chi connectivity index (χ3n) is 2.34. The lowest BCUT2D eigenvalue weighted by Crippen LogP contribution is -2.22. The van der Waals surface area contributed by atoms with Crippen molar-refractivity contribution in [1.29, 1.82) is 0 Å². The second-order valence-corrected chi connectivity index (χ2v) is 4.51. The average Bonchev–Trinajstić information content (AvgIpc) is 2.34. The molecule has 2 N–H and O–H groups in total. The summed E-state index contributed by atoms with van der Waals surface area (Å²) in [7, 11) is 0. The molecule has 0 aliphatic carbocycles. The van der Waals surface area contributed by atoms with Crippen LogP contribution in [0.25, 0.3) is 10.4 Å². The van der Waals surface area contributed by atoms with Gasteiger partial charge in [-0.1, -0.05) is 21.0 Å². The lowest BCUT2D eigenvalue weighted by atomic mass is 10.0. The van der Waals surface area contributed by atoms with Crippen LogP contribution in [0.5, 0.6) is 0 Å². The Morgan fingerprint density at radius 2 is 2.00 bits per heavy atom. The van der Waals surface area contributed by atoms with Crippen molar-refractivity contribution in [3.8, 4) is 0 Å². The van der Waals surface area contributed by atoms with Gasteiger partial charge in [-0.15, -0.1) is 0 Å². The number of azide groups is 1. The largest absolute Gasteiger partial charge is 0.416 e. The molecule has 0 radical (unpaired) electrons. The van der Waals surface area contributed by atoms with Crippen LogP contribution in [0, 0.1) is 0 Å². The van der Waals surface area contributed by atoms with Crippen LogP contribution in [0.3, 0.4) is 0 Å². The standard InChI is InChI=1S/C10H9BrF3N3O2/c11-7-2-1-5(10(12,13)14)3-6(7)9(19)8(18)4-16-17-15/h1-3,8-9,18-19H,4H2. The van der Waals surface area contributed by atoms with Gasteiger partial charge in [0.25, 0.3) is 0 Å². The van der Waals surface area contributed by atoms with E-state index in [-0.39, 0.29) is 10.0 Å². The van der Waals surface area contributed by atoms with Crippen LogP contribution in [0.15, 0.2) is 27.8 Å². The zero-order valence-corrected chi connectivity index (χ0v) is 10.9. The van der Waals surface area contributed by atoms with Crippen LogP contribution >= 0.6 is 15.9 Å². The van der Waals surface area contributed by atoms with Crippen LogP contribution in [0.1, 0.15) is 17.2 Å². The number of alkyl halides is 3. The quantitative estimate of drug-likeness (QED) is 0.501. The number of aliphatic hydroxyl groups is 2. The van der Waals surface area contributed by atoms with Crippen molar-refractivity contribution in [2.75, 3.05) is 6.54 Å². The van der Waals surface area contributed by atoms with E-state index in [4.69, 9.17) is 5.53 Å². The van der Waals surface area contributed by atoms with Gasteiger partial charge in [0.15, 0.2) is 0 Å². The van der Waals surface area contributed by atoms with Crippen LogP contribution in [-0.4, -0.2) is 22.9 Å². The molecule has 0 bridgehead atoms. The first-order valence-electron chi connectivity index (χ1n) is 5.01. The summed E-state index contributed by atoms with van der Waals surface area (Å²) in [4.78, 5) is 2.39. The first kappa shape index (κ1) is 15.8. The zero-order valence-electron chi connectivity index (χ0n) is 9.34. The first-order chi connectivity index (χ1) is 8.77. The van der Waals surface area contributed by atoms with Gasteiger partial charge in [0.1, 0.15) is 6.10 Å². The fourth-order valence-corrected chi connectivity index (χ4v) is 1.86. The van der Waals surface area contributed by atoms with E-state index < -0.39 is 30.5 Å². The summed E-state index contributed by atoms with van der Waals surface area (Å²) in [6.45, 7) is -0.444. The molecule has 2 atom stereocenters. The zero-order chi connectivity index (χ0) is 14.6. The number of hydrogen-bond donors (Lipinski definition) is 2. The SMILES string of the molecule is [N-]=[N+]=NCC(O)C(O)c1cc(C(F)(F)F)ccc1Br. The highest BCUT2D eigenvalue weighted by Crippen LogP contribution is 2.34. The minimum Gasteiger partial charge on any atom is -0.390 e. The molecule has 19 heavy (non-hydrogen) atoms. The summed E-state index contributed by atoms with van der Waals surface area (Å²) in [5.41, 5.74) is 7.01. The summed E-state index contributed by atoms with van der Waals surface area (Å²) < 4.78 is 37.8. The molecule has 0 aliphatic rings. The van der Waals surface area contributed by atoms with Gasteiger partial charge in [-0.3, -0.25) is 0 Å². The number of benzene rings is 1. The maximum Gasteiger partial charge on any atom is 0.416 e. The predicted octanol–water partition coefficient (Wildman–Crippen LogP) is 3.17. The van der Waals surface area contributed by atoms with Gasteiger partial charge in [-0.2, -0.15) is 13.2 Å². The van der Waals surface area contributed by atoms with Crippen molar-refractivity contribution >= 4 is 15.9 Å². The molecular formula is C10H9BrF3N3O2. The topological polar surface area (TPSA) is 89.2 Å². The number of hydrogen-bond acceptors (Lipinski definition) is 3. The minimum absolute atomic E-state index is 0.129. The molecule has 104 valence electrons. The van der Waals surface area contributed by atoms with E-state index in [0.717, 1.165) is 18.2 Å². The highest BCUT2D eigenvalue weighted by Gasteiger charge is 2.32. The number of aliphatic hydroxyl groups excluding tert-OH is 2. The van der Waals surface area contributed by atoms with Gasteiger partial charge in [0.2, 0.25) is 0 Å². The molecule has 0 fully saturated rings. The smallest absolute Gasteiger partial charge is 0.390 e. The van der Waals surface area contributed by atoms with Gasteiger partial charge >= 0.3 is 6.18 Å². The Bertz CT molecular complexity index is 503. The van der Waals surface area contributed by atoms with Crippen molar-refractivity contribution in [1.82, 2.24) is 0 Å². The summed E-state index contributed by atoms with van der Waals surface area (Å²) in [5.74, 6) is 0. The number of rotatable bonds is 4. The van der Waals surface area contributed by atoms with Gasteiger partial charge in [-0.05, 0) is 29.3 Å². The van der Waals surface area contributed by atoms with Crippen LogP contribution < -0.4 is 0 Å². The van der Waals surface area contributed by atoms with Gasteiger partial charge in [-0.25, -0.2) is 0 Å². The normalized spacial score (nSPS) is 14.6. The average molecular weight is 340 g/mol. The monoisotopic (exact) mass is 339 g/mol. The summed E-state index contributed by atoms with van der Waals surface area (Å²) in [6, 6.07) is 2.70. The molecule has 0 aliphatic heterocycles. The molecule has 0 saturated carbocycles. The summed E-state index contributed by atoms with van der Waals surface area (Å²) in [6.07, 6.45) is -7.64. The highest BCUT2D eigenvalue weighted by molar-refractivity contribution is 9.10. The van der Waals surface area contributed by atoms with Crippen LogP contribution in [0.4, 0.5) is 13.2 Å². The lowest BCUT2D eigenvalue weighted by molar-refractivity contribution is -0.137. The first-order valence-corrected chi connectivity index (χ1v) is 5.80. The Labute approximate surface area is 114 Å². The van der Waals surface area contributed by atoms with Crippen molar-refractivity contribution in [3.63, 3.8) is 0 Å². The Hall–Kier alpha value is -1.28. The van der Waals surface area contributed by atoms with Crippen LogP contribution in [-0.2, 0) is 6.18 Å². The van der Waals surface area contributed by atoms with E-state index >= 15 is 0 Å². The fourth-order valence-electron chi connectivity index (χ4n) is 1.37. The Kier molecular flexibility index (Phi) is 5.19. The van der Waals surface area contributed by atoms with Crippen molar-refractivity contribution < 1.29 is 23.4 Å². The molecule has 2 unspecified atom stereocenters. The molecule has 0 aromatic heterocycles. The molecule has 0 heterocycles. The van der Waals surface area contributed by atoms with Crippen molar-refractivity contribution in [2.45, 2.75) is 18.4 Å². The fraction of sp³-hybridized carbons (Fsp3) is 0.400. The molecule has 0 spiro atoms. The number of nitrogens with zero attached hydrogens (tertiary/aromatic N) is 3. The molecule has 5 nitrogen and oxygen atoms in total. The molecule has 1 aromatic carbocycles. The van der Waals surface area contributed by atoms with E-state index in [1.54, 1.807) is 0 Å². The van der Waals surface area contributed by atoms with E-state index in [2.05, 4.69) is 26.0 Å². The van der Waals surface area contributed by atoms with Gasteiger partial charge < -0.3 is 10.2 Å². The molecule has 1 aromatic rings. The van der Waals surface area contributed by atoms with Crippen LogP contribution in [0.2, 0.25) is 0 Å². The Balaban J connectivity index is 3.08. The highest BCUT2D eigenvalue weighted by atomic mass is 79.9. The molecule has 0 saturated heterocycles. The minimum atomic E-state index is -4.55. The molecule has 0 amide bonds. The maximum atomic E-state index is 12.5. The number of halogens is 4. The lowest BCUT2D eigenvalue weighted by Gasteiger charge is -2.19. The van der Waals surface area contributed by atoms with Crippen molar-refractivity contribution in [3.05, 3.63) is 44.2 Å². The Morgan fingerprint density at radius 1 is 1.37 bits per heavy atom. The molecule has 1 rings (SSSR count). The maximum absolute atomic E-state index is 12.5. The van der Waals surface area contributed by atoms with Gasteiger partial charge in [0, 0.05) is 9.38 Å². The third kappa shape index (κ3) is 4.10. The third-order valence-corrected chi connectivity index (χ3v) is 3.06. The van der Waals surface area contributed by atoms with Crippen molar-refractivity contribution in [2.24, 2.45) is 5.11 Å². The van der Waals surface area contributed by atoms with E-state index in [0.29, 0.717) is 0 Å². The second-order valence-electron chi connectivity index (χ2n) is 3.66. The Morgan fingerprint density at radius 3 is 2.53 bits per heavy atom. The second kappa shape index (κ2) is 6.25. The molecule has 9 heteroatoms. The van der Waals surface area contributed by atoms with Gasteiger partial charge in [0.05, 0.1) is 18.2 Å². The summed E-state index contributed by atoms with van der Waals surface area (Å²) >= 11 is 2.99. The molecular weight excluding hydrogens is 331 g/mol.